The number of hydrogen-bond acceptors (Lipinski definition) is 4. The first-order valence-corrected chi connectivity index (χ1v) is 5.90. The average Bonchev–Trinajstić information content (AvgIpc) is 2.16. The smallest absolute Gasteiger partial charge is 0.235 e. The van der Waals surface area contributed by atoms with Gasteiger partial charge in [-0.05, 0) is 6.92 Å². The van der Waals surface area contributed by atoms with Gasteiger partial charge in [-0.1, -0.05) is 0 Å². The number of ether oxygens (including phenoxy) is 1. The minimum Gasteiger partial charge on any atom is -0.383 e. The fourth-order valence-corrected chi connectivity index (χ4v) is 1.19. The SMILES string of the molecule is CCS(=O)(=O)NCC(=O)NCCOC. The number of amides is 1. The normalized spacial score (nSPS) is 11.3. The van der Waals surface area contributed by atoms with Gasteiger partial charge in [0.25, 0.3) is 0 Å². The van der Waals surface area contributed by atoms with Gasteiger partial charge in [0.15, 0.2) is 0 Å². The predicted octanol–water partition coefficient (Wildman–Crippen LogP) is -1.31. The van der Waals surface area contributed by atoms with Crippen molar-refractivity contribution >= 4 is 15.9 Å². The third-order valence-corrected chi connectivity index (χ3v) is 2.81. The molecule has 0 aliphatic rings. The number of sulfonamides is 1. The highest BCUT2D eigenvalue weighted by molar-refractivity contribution is 7.89. The van der Waals surface area contributed by atoms with Crippen LogP contribution in [0.1, 0.15) is 6.92 Å². The van der Waals surface area contributed by atoms with E-state index in [1.807, 2.05) is 0 Å². The van der Waals surface area contributed by atoms with E-state index in [9.17, 15) is 13.2 Å². The molecule has 0 radical (unpaired) electrons. The van der Waals surface area contributed by atoms with Crippen LogP contribution in [0, 0.1) is 0 Å². The lowest BCUT2D eigenvalue weighted by molar-refractivity contribution is -0.120. The first-order valence-electron chi connectivity index (χ1n) is 4.24. The van der Waals surface area contributed by atoms with Gasteiger partial charge in [-0.25, -0.2) is 13.1 Å². The molecular formula is C7H16N2O4S. The minimum atomic E-state index is -3.29. The quantitative estimate of drug-likeness (QED) is 0.526. The molecule has 0 fully saturated rings. The Morgan fingerprint density at radius 2 is 2.07 bits per heavy atom. The fraction of sp³-hybridized carbons (Fsp3) is 0.857. The summed E-state index contributed by atoms with van der Waals surface area (Å²) in [5.74, 6) is -0.391. The van der Waals surface area contributed by atoms with Crippen LogP contribution in [0.3, 0.4) is 0 Å². The molecule has 14 heavy (non-hydrogen) atoms. The summed E-state index contributed by atoms with van der Waals surface area (Å²) in [6.45, 7) is 2.07. The number of carbonyl (C=O) groups excluding carboxylic acids is 1. The molecule has 0 atom stereocenters. The maximum absolute atomic E-state index is 11.0. The lowest BCUT2D eigenvalue weighted by Gasteiger charge is -2.05. The average molecular weight is 224 g/mol. The van der Waals surface area contributed by atoms with E-state index in [2.05, 4.69) is 10.0 Å². The minimum absolute atomic E-state index is 0.0294. The zero-order valence-corrected chi connectivity index (χ0v) is 9.19. The molecule has 0 bridgehead atoms. The van der Waals surface area contributed by atoms with Gasteiger partial charge in [0, 0.05) is 13.7 Å². The molecule has 0 aliphatic carbocycles. The van der Waals surface area contributed by atoms with Crippen LogP contribution in [-0.4, -0.2) is 46.9 Å². The van der Waals surface area contributed by atoms with E-state index in [1.165, 1.54) is 14.0 Å². The molecule has 0 aromatic rings. The van der Waals surface area contributed by atoms with Crippen LogP contribution >= 0.6 is 0 Å². The van der Waals surface area contributed by atoms with Crippen LogP contribution in [0.5, 0.6) is 0 Å². The summed E-state index contributed by atoms with van der Waals surface area (Å²) in [5, 5.41) is 2.49. The maximum atomic E-state index is 11.0. The Balaban J connectivity index is 3.64. The van der Waals surface area contributed by atoms with Gasteiger partial charge in [-0.15, -0.1) is 0 Å². The molecule has 2 N–H and O–H groups in total. The van der Waals surface area contributed by atoms with Gasteiger partial charge < -0.3 is 10.1 Å². The summed E-state index contributed by atoms with van der Waals surface area (Å²) >= 11 is 0. The lowest BCUT2D eigenvalue weighted by atomic mass is 10.6. The van der Waals surface area contributed by atoms with Crippen molar-refractivity contribution in [2.24, 2.45) is 0 Å². The molecule has 84 valence electrons. The molecule has 0 rings (SSSR count). The predicted molar refractivity (Wildman–Crippen MR) is 52.3 cm³/mol. The van der Waals surface area contributed by atoms with E-state index in [4.69, 9.17) is 4.74 Å². The van der Waals surface area contributed by atoms with Crippen molar-refractivity contribution < 1.29 is 17.9 Å². The summed E-state index contributed by atoms with van der Waals surface area (Å²) in [6, 6.07) is 0. The summed E-state index contributed by atoms with van der Waals surface area (Å²) in [6.07, 6.45) is 0. The number of hydrogen-bond donors (Lipinski definition) is 2. The Kier molecular flexibility index (Phi) is 6.43. The highest BCUT2D eigenvalue weighted by Crippen LogP contribution is 1.80. The lowest BCUT2D eigenvalue weighted by Crippen LogP contribution is -2.38. The Morgan fingerprint density at radius 1 is 1.43 bits per heavy atom. The summed E-state index contributed by atoms with van der Waals surface area (Å²) < 4.78 is 28.7. The van der Waals surface area contributed by atoms with Crippen molar-refractivity contribution in [1.29, 1.82) is 0 Å². The molecule has 0 saturated heterocycles. The van der Waals surface area contributed by atoms with Gasteiger partial charge in [0.2, 0.25) is 15.9 Å². The Labute approximate surface area is 84.1 Å². The van der Waals surface area contributed by atoms with Crippen molar-refractivity contribution in [2.75, 3.05) is 32.6 Å². The van der Waals surface area contributed by atoms with Crippen molar-refractivity contribution in [3.05, 3.63) is 0 Å². The Hall–Kier alpha value is -0.660. The number of nitrogens with one attached hydrogen (secondary N) is 2. The van der Waals surface area contributed by atoms with Crippen LogP contribution in [0.2, 0.25) is 0 Å². The molecule has 0 saturated carbocycles. The number of rotatable bonds is 7. The zero-order valence-electron chi connectivity index (χ0n) is 8.37. The summed E-state index contributed by atoms with van der Waals surface area (Å²) in [4.78, 5) is 11.0. The van der Waals surface area contributed by atoms with E-state index in [1.54, 1.807) is 0 Å². The first kappa shape index (κ1) is 13.3. The second-order valence-corrected chi connectivity index (χ2v) is 4.66. The Bertz CT molecular complexity index is 263. The molecule has 0 spiro atoms. The van der Waals surface area contributed by atoms with Crippen LogP contribution < -0.4 is 10.0 Å². The van der Waals surface area contributed by atoms with E-state index >= 15 is 0 Å². The van der Waals surface area contributed by atoms with Crippen molar-refractivity contribution in [2.45, 2.75) is 6.92 Å². The van der Waals surface area contributed by atoms with E-state index in [0.29, 0.717) is 13.2 Å². The van der Waals surface area contributed by atoms with Crippen LogP contribution in [0.15, 0.2) is 0 Å². The van der Waals surface area contributed by atoms with E-state index in [-0.39, 0.29) is 18.2 Å². The molecule has 6 nitrogen and oxygen atoms in total. The van der Waals surface area contributed by atoms with Crippen LogP contribution in [-0.2, 0) is 19.6 Å². The Morgan fingerprint density at radius 3 is 2.57 bits per heavy atom. The van der Waals surface area contributed by atoms with Gasteiger partial charge in [0.05, 0.1) is 18.9 Å². The standard InChI is InChI=1S/C7H16N2O4S/c1-3-14(11,12)9-6-7(10)8-4-5-13-2/h9H,3-6H2,1-2H3,(H,8,10). The second-order valence-electron chi connectivity index (χ2n) is 2.57. The number of methoxy groups -OCH3 is 1. The van der Waals surface area contributed by atoms with Gasteiger partial charge in [-0.3, -0.25) is 4.79 Å². The third-order valence-electron chi connectivity index (χ3n) is 1.46. The largest absolute Gasteiger partial charge is 0.383 e. The van der Waals surface area contributed by atoms with Crippen LogP contribution in [0.25, 0.3) is 0 Å². The highest BCUT2D eigenvalue weighted by atomic mass is 32.2. The fourth-order valence-electron chi connectivity index (χ4n) is 0.633. The van der Waals surface area contributed by atoms with Gasteiger partial charge in [-0.2, -0.15) is 0 Å². The zero-order chi connectivity index (χ0) is 11.0. The molecule has 0 aromatic carbocycles. The van der Waals surface area contributed by atoms with Crippen LogP contribution in [0.4, 0.5) is 0 Å². The molecule has 1 amide bonds. The van der Waals surface area contributed by atoms with E-state index < -0.39 is 10.0 Å². The maximum Gasteiger partial charge on any atom is 0.235 e. The molecule has 0 aromatic heterocycles. The molecule has 0 unspecified atom stereocenters. The highest BCUT2D eigenvalue weighted by Gasteiger charge is 2.08. The molecule has 0 heterocycles. The third kappa shape index (κ3) is 6.81. The monoisotopic (exact) mass is 224 g/mol. The van der Waals surface area contributed by atoms with E-state index in [0.717, 1.165) is 0 Å². The van der Waals surface area contributed by atoms with Gasteiger partial charge >= 0.3 is 0 Å². The summed E-state index contributed by atoms with van der Waals surface area (Å²) in [7, 11) is -1.77. The van der Waals surface area contributed by atoms with Crippen molar-refractivity contribution in [3.63, 3.8) is 0 Å². The van der Waals surface area contributed by atoms with Gasteiger partial charge in [0.1, 0.15) is 0 Å². The second kappa shape index (κ2) is 6.74. The van der Waals surface area contributed by atoms with Crippen molar-refractivity contribution in [1.82, 2.24) is 10.0 Å². The van der Waals surface area contributed by atoms with Crippen molar-refractivity contribution in [3.8, 4) is 0 Å². The number of carbonyl (C=O) groups is 1. The summed E-state index contributed by atoms with van der Waals surface area (Å²) in [5.41, 5.74) is 0. The first-order chi connectivity index (χ1) is 6.52. The molecule has 7 heteroatoms. The topological polar surface area (TPSA) is 84.5 Å². The molecular weight excluding hydrogens is 208 g/mol. The molecule has 0 aliphatic heterocycles.